The van der Waals surface area contributed by atoms with E-state index in [1.807, 2.05) is 36.7 Å². The Morgan fingerprint density at radius 3 is 2.25 bits per heavy atom. The fourth-order valence-electron chi connectivity index (χ4n) is 0.138. The second-order valence-corrected chi connectivity index (χ2v) is 2.66. The molecule has 0 bridgehead atoms. The Balaban J connectivity index is 3.50. The van der Waals surface area contributed by atoms with E-state index in [0.29, 0.717) is 3.70 Å². The molecule has 0 rings (SSSR count). The van der Waals surface area contributed by atoms with Crippen molar-refractivity contribution in [2.45, 2.75) is 0 Å². The van der Waals surface area contributed by atoms with Crippen LogP contribution in [0, 0.1) is 0 Å². The minimum Gasteiger partial charge on any atom is -0.285 e. The van der Waals surface area contributed by atoms with Gasteiger partial charge in [0.1, 0.15) is 3.70 Å². The molecule has 0 aliphatic rings. The van der Waals surface area contributed by atoms with Crippen molar-refractivity contribution in [3.63, 3.8) is 0 Å². The third kappa shape index (κ3) is 5.87. The zero-order valence-corrected chi connectivity index (χ0v) is 7.08. The van der Waals surface area contributed by atoms with Gasteiger partial charge in [-0.3, -0.25) is 5.01 Å². The first-order valence-corrected chi connectivity index (χ1v) is 3.14. The highest BCUT2D eigenvalue weighted by Crippen LogP contribution is 2.02. The second-order valence-electron chi connectivity index (χ2n) is 1.41. The van der Waals surface area contributed by atoms with E-state index in [-0.39, 0.29) is 0 Å². The summed E-state index contributed by atoms with van der Waals surface area (Å²) in [5, 5.41) is 8.96. The maximum atomic E-state index is 3.68. The lowest BCUT2D eigenvalue weighted by Gasteiger charge is -1.97. The zero-order chi connectivity index (χ0) is 6.57. The molecular formula is C4H8IN3. The summed E-state index contributed by atoms with van der Waals surface area (Å²) in [6, 6.07) is 0. The molecule has 3 nitrogen and oxygen atoms in total. The first kappa shape index (κ1) is 7.87. The molecule has 0 heterocycles. The number of hydrogen-bond acceptors (Lipinski definition) is 2. The van der Waals surface area contributed by atoms with E-state index in [1.54, 1.807) is 5.01 Å². The van der Waals surface area contributed by atoms with E-state index in [0.717, 1.165) is 0 Å². The summed E-state index contributed by atoms with van der Waals surface area (Å²) in [4.78, 5) is 0. The highest BCUT2D eigenvalue weighted by atomic mass is 127. The van der Waals surface area contributed by atoms with Gasteiger partial charge in [0.05, 0.1) is 0 Å². The molecule has 4 heteroatoms. The fourth-order valence-corrected chi connectivity index (χ4v) is 0.234. The third-order valence-electron chi connectivity index (χ3n) is 0.332. The predicted molar refractivity (Wildman–Crippen MR) is 41.7 cm³/mol. The SMILES string of the molecule is C=C(I)N=NN(C)C. The molecule has 0 aromatic heterocycles. The molecule has 0 radical (unpaired) electrons. The summed E-state index contributed by atoms with van der Waals surface area (Å²) in [6.07, 6.45) is 0. The van der Waals surface area contributed by atoms with Crippen LogP contribution in [0.15, 0.2) is 20.6 Å². The average Bonchev–Trinajstić information content (AvgIpc) is 1.61. The van der Waals surface area contributed by atoms with Crippen LogP contribution in [0.4, 0.5) is 0 Å². The van der Waals surface area contributed by atoms with Gasteiger partial charge in [0, 0.05) is 14.1 Å². The minimum atomic E-state index is 0.691. The van der Waals surface area contributed by atoms with Crippen LogP contribution in [0.2, 0.25) is 0 Å². The molecule has 0 aromatic carbocycles. The molecule has 8 heavy (non-hydrogen) atoms. The van der Waals surface area contributed by atoms with E-state index in [9.17, 15) is 0 Å². The van der Waals surface area contributed by atoms with Crippen LogP contribution in [0.1, 0.15) is 0 Å². The van der Waals surface area contributed by atoms with Crippen molar-refractivity contribution in [1.82, 2.24) is 5.01 Å². The summed E-state index contributed by atoms with van der Waals surface area (Å²) in [6.45, 7) is 3.53. The van der Waals surface area contributed by atoms with Crippen molar-refractivity contribution in [2.75, 3.05) is 14.1 Å². The van der Waals surface area contributed by atoms with Crippen LogP contribution < -0.4 is 0 Å². The Morgan fingerprint density at radius 2 is 2.12 bits per heavy atom. The Kier molecular flexibility index (Phi) is 3.76. The minimum absolute atomic E-state index is 0.691. The Bertz CT molecular complexity index is 108. The van der Waals surface area contributed by atoms with E-state index in [4.69, 9.17) is 0 Å². The van der Waals surface area contributed by atoms with Gasteiger partial charge in [-0.1, -0.05) is 11.8 Å². The highest BCUT2D eigenvalue weighted by molar-refractivity contribution is 14.1. The standard InChI is InChI=1S/C4H8IN3/c1-4(5)6-7-8(2)3/h1H2,2-3H3. The van der Waals surface area contributed by atoms with Gasteiger partial charge in [-0.05, 0) is 22.6 Å². The summed E-state index contributed by atoms with van der Waals surface area (Å²) >= 11 is 1.99. The Morgan fingerprint density at radius 1 is 1.62 bits per heavy atom. The topological polar surface area (TPSA) is 28.0 Å². The van der Waals surface area contributed by atoms with E-state index in [2.05, 4.69) is 16.9 Å². The molecule has 0 aliphatic carbocycles. The van der Waals surface area contributed by atoms with Crippen LogP contribution >= 0.6 is 22.6 Å². The smallest absolute Gasteiger partial charge is 0.118 e. The maximum Gasteiger partial charge on any atom is 0.118 e. The van der Waals surface area contributed by atoms with Crippen molar-refractivity contribution in [1.29, 1.82) is 0 Å². The molecule has 0 unspecified atom stereocenters. The van der Waals surface area contributed by atoms with Crippen molar-refractivity contribution < 1.29 is 0 Å². The van der Waals surface area contributed by atoms with Crippen LogP contribution in [0.25, 0.3) is 0 Å². The molecule has 0 spiro atoms. The first-order valence-electron chi connectivity index (χ1n) is 2.06. The lowest BCUT2D eigenvalue weighted by molar-refractivity contribution is 0.407. The lowest BCUT2D eigenvalue weighted by atomic mass is 11.1. The lowest BCUT2D eigenvalue weighted by Crippen LogP contribution is -1.98. The number of halogens is 1. The zero-order valence-electron chi connectivity index (χ0n) is 4.93. The monoisotopic (exact) mass is 225 g/mol. The number of hydrogen-bond donors (Lipinski definition) is 0. The molecule has 0 aromatic rings. The van der Waals surface area contributed by atoms with Crippen LogP contribution in [-0.2, 0) is 0 Å². The van der Waals surface area contributed by atoms with Gasteiger partial charge in [0.2, 0.25) is 0 Å². The van der Waals surface area contributed by atoms with E-state index < -0.39 is 0 Å². The van der Waals surface area contributed by atoms with Crippen molar-refractivity contribution >= 4 is 22.6 Å². The van der Waals surface area contributed by atoms with Gasteiger partial charge in [-0.15, -0.1) is 5.11 Å². The molecule has 0 N–H and O–H groups in total. The molecule has 0 amide bonds. The predicted octanol–water partition coefficient (Wildman–Crippen LogP) is 1.82. The quantitative estimate of drug-likeness (QED) is 0.305. The maximum absolute atomic E-state index is 3.68. The summed E-state index contributed by atoms with van der Waals surface area (Å²) in [5.74, 6) is 0. The molecular weight excluding hydrogens is 217 g/mol. The fraction of sp³-hybridized carbons (Fsp3) is 0.500. The Labute approximate surface area is 62.6 Å². The molecule has 0 saturated carbocycles. The van der Waals surface area contributed by atoms with Gasteiger partial charge in [-0.2, -0.15) is 0 Å². The molecule has 46 valence electrons. The van der Waals surface area contributed by atoms with Crippen molar-refractivity contribution in [3.05, 3.63) is 10.3 Å². The van der Waals surface area contributed by atoms with Gasteiger partial charge >= 0.3 is 0 Å². The number of rotatable bonds is 2. The van der Waals surface area contributed by atoms with Crippen molar-refractivity contribution in [2.24, 2.45) is 10.3 Å². The molecule has 0 aliphatic heterocycles. The van der Waals surface area contributed by atoms with Crippen LogP contribution in [0.5, 0.6) is 0 Å². The van der Waals surface area contributed by atoms with Crippen LogP contribution in [0.3, 0.4) is 0 Å². The van der Waals surface area contributed by atoms with Gasteiger partial charge in [0.15, 0.2) is 0 Å². The van der Waals surface area contributed by atoms with Crippen LogP contribution in [-0.4, -0.2) is 19.1 Å². The normalized spacial score (nSPS) is 9.88. The average molecular weight is 225 g/mol. The van der Waals surface area contributed by atoms with Gasteiger partial charge < -0.3 is 0 Å². The third-order valence-corrected chi connectivity index (χ3v) is 0.548. The Hall–Kier alpha value is -0.130. The second kappa shape index (κ2) is 3.82. The van der Waals surface area contributed by atoms with Gasteiger partial charge in [0.25, 0.3) is 0 Å². The van der Waals surface area contributed by atoms with E-state index in [1.165, 1.54) is 0 Å². The number of nitrogens with zero attached hydrogens (tertiary/aromatic N) is 3. The highest BCUT2D eigenvalue weighted by Gasteiger charge is 1.77. The summed E-state index contributed by atoms with van der Waals surface area (Å²) < 4.78 is 0.691. The van der Waals surface area contributed by atoms with Crippen molar-refractivity contribution in [3.8, 4) is 0 Å². The molecule has 0 atom stereocenters. The van der Waals surface area contributed by atoms with E-state index >= 15 is 0 Å². The largest absolute Gasteiger partial charge is 0.285 e. The summed E-state index contributed by atoms with van der Waals surface area (Å²) in [7, 11) is 3.62. The summed E-state index contributed by atoms with van der Waals surface area (Å²) in [5.41, 5.74) is 0. The first-order chi connectivity index (χ1) is 3.63. The molecule has 0 fully saturated rings. The molecule has 0 saturated heterocycles. The van der Waals surface area contributed by atoms with Gasteiger partial charge in [-0.25, -0.2) is 0 Å².